The number of nitrogens with zero attached hydrogens (tertiary/aromatic N) is 1. The summed E-state index contributed by atoms with van der Waals surface area (Å²) in [6.07, 6.45) is 3.44. The van der Waals surface area contributed by atoms with Crippen molar-refractivity contribution in [1.82, 2.24) is 4.98 Å². The van der Waals surface area contributed by atoms with Gasteiger partial charge < -0.3 is 10.2 Å². The maximum Gasteiger partial charge on any atom is 0.279 e. The zero-order valence-electron chi connectivity index (χ0n) is 14.4. The van der Waals surface area contributed by atoms with Crippen LogP contribution >= 0.6 is 22.9 Å². The van der Waals surface area contributed by atoms with Crippen molar-refractivity contribution >= 4 is 44.7 Å². The number of nitrogens with one attached hydrogen (secondary N) is 2. The summed E-state index contributed by atoms with van der Waals surface area (Å²) >= 11 is 7.66. The molecule has 4 nitrogen and oxygen atoms in total. The van der Waals surface area contributed by atoms with Gasteiger partial charge in [0.1, 0.15) is 6.04 Å². The molecule has 26 heavy (non-hydrogen) atoms. The monoisotopic (exact) mass is 386 g/mol. The fourth-order valence-corrected chi connectivity index (χ4v) is 4.86. The number of quaternary nitrogens is 1. The Morgan fingerprint density at radius 2 is 2.00 bits per heavy atom. The van der Waals surface area contributed by atoms with E-state index in [0.717, 1.165) is 35.6 Å². The predicted octanol–water partition coefficient (Wildman–Crippen LogP) is 3.70. The van der Waals surface area contributed by atoms with Gasteiger partial charge in [-0.2, -0.15) is 0 Å². The summed E-state index contributed by atoms with van der Waals surface area (Å²) in [6.45, 7) is 1.47. The lowest BCUT2D eigenvalue weighted by molar-refractivity contribution is -0.929. The Morgan fingerprint density at radius 1 is 1.19 bits per heavy atom. The minimum absolute atomic E-state index is 0.0373. The molecule has 1 aliphatic heterocycles. The lowest BCUT2D eigenvalue weighted by atomic mass is 10.0. The normalized spacial score (nSPS) is 20.2. The first kappa shape index (κ1) is 17.5. The van der Waals surface area contributed by atoms with Gasteiger partial charge in [0.25, 0.3) is 5.91 Å². The van der Waals surface area contributed by atoms with Crippen molar-refractivity contribution < 1.29 is 9.69 Å². The number of hydrogen-bond donors (Lipinski definition) is 2. The predicted molar refractivity (Wildman–Crippen MR) is 107 cm³/mol. The molecule has 0 aliphatic carbocycles. The van der Waals surface area contributed by atoms with Crippen LogP contribution in [0.1, 0.15) is 30.3 Å². The second-order valence-electron chi connectivity index (χ2n) is 6.71. The molecule has 1 aromatic heterocycles. The largest absolute Gasteiger partial charge is 0.321 e. The Bertz CT molecular complexity index is 876. The smallest absolute Gasteiger partial charge is 0.279 e. The van der Waals surface area contributed by atoms with E-state index in [0.29, 0.717) is 17.6 Å². The highest BCUT2D eigenvalue weighted by molar-refractivity contribution is 7.18. The Hall–Kier alpha value is -1.95. The molecule has 3 aromatic rings. The zero-order valence-corrected chi connectivity index (χ0v) is 15.9. The van der Waals surface area contributed by atoms with E-state index < -0.39 is 0 Å². The fourth-order valence-electron chi connectivity index (χ4n) is 3.57. The molecular formula is C20H21ClN3OS+. The summed E-state index contributed by atoms with van der Waals surface area (Å²) in [5.41, 5.74) is 1.84. The average molecular weight is 387 g/mol. The third-order valence-corrected chi connectivity index (χ3v) is 6.26. The van der Waals surface area contributed by atoms with E-state index in [9.17, 15) is 4.79 Å². The van der Waals surface area contributed by atoms with Crippen LogP contribution in [0, 0.1) is 0 Å². The molecule has 1 unspecified atom stereocenters. The van der Waals surface area contributed by atoms with Gasteiger partial charge in [-0.25, -0.2) is 4.98 Å². The molecular weight excluding hydrogens is 366 g/mol. The van der Waals surface area contributed by atoms with Gasteiger partial charge in [-0.1, -0.05) is 23.7 Å². The molecule has 0 bridgehead atoms. The number of carbonyl (C=O) groups is 1. The van der Waals surface area contributed by atoms with Crippen LogP contribution < -0.4 is 10.2 Å². The Labute approximate surface area is 161 Å². The van der Waals surface area contributed by atoms with E-state index in [2.05, 4.69) is 23.5 Å². The summed E-state index contributed by atoms with van der Waals surface area (Å²) in [4.78, 5) is 18.7. The molecule has 0 radical (unpaired) electrons. The number of amides is 1. The summed E-state index contributed by atoms with van der Waals surface area (Å²) < 4.78 is 1.22. The standard InChI is InChI=1S/C20H20ClN3OS/c21-14-8-10-15(11-9-14)22-19(25)13-24-12-4-3-6-17(24)20-23-16-5-1-2-7-18(16)26-20/h1-2,5,7-11,17H,3-4,6,12-13H2,(H,22,25)/p+1/t17-/m1/s1. The van der Waals surface area contributed by atoms with E-state index in [1.807, 2.05) is 18.2 Å². The van der Waals surface area contributed by atoms with Crippen LogP contribution in [-0.4, -0.2) is 24.0 Å². The van der Waals surface area contributed by atoms with Gasteiger partial charge in [-0.3, -0.25) is 4.79 Å². The SMILES string of the molecule is O=C(C[NH+]1CCCC[C@@H]1c1nc2ccccc2s1)Nc1ccc(Cl)cc1. The van der Waals surface area contributed by atoms with Crippen molar-refractivity contribution in [3.8, 4) is 0 Å². The number of carbonyl (C=O) groups excluding carboxylic acids is 1. The van der Waals surface area contributed by atoms with Gasteiger partial charge in [-0.15, -0.1) is 11.3 Å². The highest BCUT2D eigenvalue weighted by Gasteiger charge is 2.31. The van der Waals surface area contributed by atoms with E-state index in [4.69, 9.17) is 16.6 Å². The van der Waals surface area contributed by atoms with Gasteiger partial charge in [0.2, 0.25) is 0 Å². The number of para-hydroxylation sites is 1. The molecule has 2 aromatic carbocycles. The quantitative estimate of drug-likeness (QED) is 0.718. The van der Waals surface area contributed by atoms with Crippen molar-refractivity contribution in [2.45, 2.75) is 25.3 Å². The molecule has 0 saturated carbocycles. The van der Waals surface area contributed by atoms with Crippen molar-refractivity contribution in [2.75, 3.05) is 18.4 Å². The second kappa shape index (κ2) is 7.74. The van der Waals surface area contributed by atoms with E-state index in [1.165, 1.54) is 16.0 Å². The number of likely N-dealkylation sites (tertiary alicyclic amines) is 1. The molecule has 2 N–H and O–H groups in total. The van der Waals surface area contributed by atoms with Crippen LogP contribution in [-0.2, 0) is 4.79 Å². The number of anilines is 1. The first-order chi connectivity index (χ1) is 12.7. The highest BCUT2D eigenvalue weighted by atomic mass is 35.5. The summed E-state index contributed by atoms with van der Waals surface area (Å²) in [5, 5.41) is 4.80. The van der Waals surface area contributed by atoms with Crippen LogP contribution in [0.4, 0.5) is 5.69 Å². The first-order valence-electron chi connectivity index (χ1n) is 8.94. The van der Waals surface area contributed by atoms with E-state index in [1.54, 1.807) is 23.5 Å². The van der Waals surface area contributed by atoms with Crippen LogP contribution in [0.5, 0.6) is 0 Å². The van der Waals surface area contributed by atoms with Gasteiger partial charge in [0.15, 0.2) is 11.6 Å². The molecule has 1 saturated heterocycles. The first-order valence-corrected chi connectivity index (χ1v) is 10.1. The number of aromatic nitrogens is 1. The molecule has 4 rings (SSSR count). The summed E-state index contributed by atoms with van der Waals surface area (Å²) in [7, 11) is 0. The molecule has 134 valence electrons. The number of benzene rings is 2. The Balaban J connectivity index is 1.48. The number of piperidine rings is 1. The maximum atomic E-state index is 12.5. The minimum atomic E-state index is 0.0373. The molecule has 2 atom stereocenters. The van der Waals surface area contributed by atoms with Gasteiger partial charge in [-0.05, 0) is 49.2 Å². The zero-order chi connectivity index (χ0) is 17.9. The molecule has 1 aliphatic rings. The molecule has 6 heteroatoms. The Morgan fingerprint density at radius 3 is 2.81 bits per heavy atom. The lowest BCUT2D eigenvalue weighted by Gasteiger charge is -2.30. The minimum Gasteiger partial charge on any atom is -0.321 e. The van der Waals surface area contributed by atoms with E-state index >= 15 is 0 Å². The lowest BCUT2D eigenvalue weighted by Crippen LogP contribution is -3.14. The number of hydrogen-bond acceptors (Lipinski definition) is 3. The van der Waals surface area contributed by atoms with Crippen LogP contribution in [0.3, 0.4) is 0 Å². The molecule has 2 heterocycles. The van der Waals surface area contributed by atoms with E-state index in [-0.39, 0.29) is 5.91 Å². The number of halogens is 1. The highest BCUT2D eigenvalue weighted by Crippen LogP contribution is 2.28. The van der Waals surface area contributed by atoms with Gasteiger partial charge in [0.05, 0.1) is 16.8 Å². The van der Waals surface area contributed by atoms with Crippen molar-refractivity contribution in [2.24, 2.45) is 0 Å². The second-order valence-corrected chi connectivity index (χ2v) is 8.21. The van der Waals surface area contributed by atoms with Crippen LogP contribution in [0.2, 0.25) is 5.02 Å². The summed E-state index contributed by atoms with van der Waals surface area (Å²) in [6, 6.07) is 15.8. The molecule has 1 fully saturated rings. The number of fused-ring (bicyclic) bond motifs is 1. The van der Waals surface area contributed by atoms with Gasteiger partial charge in [0, 0.05) is 17.1 Å². The average Bonchev–Trinajstić information content (AvgIpc) is 3.08. The molecule has 1 amide bonds. The summed E-state index contributed by atoms with van der Waals surface area (Å²) in [5.74, 6) is 0.0373. The topological polar surface area (TPSA) is 46.4 Å². The molecule has 0 spiro atoms. The Kier molecular flexibility index (Phi) is 5.20. The number of rotatable bonds is 4. The van der Waals surface area contributed by atoms with Gasteiger partial charge >= 0.3 is 0 Å². The van der Waals surface area contributed by atoms with Crippen molar-refractivity contribution in [3.05, 3.63) is 58.6 Å². The van der Waals surface area contributed by atoms with Crippen LogP contribution in [0.15, 0.2) is 48.5 Å². The van der Waals surface area contributed by atoms with Crippen molar-refractivity contribution in [3.63, 3.8) is 0 Å². The fraction of sp³-hybridized carbons (Fsp3) is 0.300. The van der Waals surface area contributed by atoms with Crippen molar-refractivity contribution in [1.29, 1.82) is 0 Å². The maximum absolute atomic E-state index is 12.5. The van der Waals surface area contributed by atoms with Crippen LogP contribution in [0.25, 0.3) is 10.2 Å². The third kappa shape index (κ3) is 3.90. The number of thiazole rings is 1. The third-order valence-electron chi connectivity index (χ3n) is 4.86.